The first-order chi connectivity index (χ1) is 15.6. The Labute approximate surface area is 195 Å². The van der Waals surface area contributed by atoms with Gasteiger partial charge in [0.1, 0.15) is 0 Å². The van der Waals surface area contributed by atoms with Gasteiger partial charge in [-0.1, -0.05) is 44.2 Å². The summed E-state index contributed by atoms with van der Waals surface area (Å²) in [4.78, 5) is 31.3. The van der Waals surface area contributed by atoms with E-state index in [2.05, 4.69) is 59.3 Å². The van der Waals surface area contributed by atoms with E-state index in [1.807, 2.05) is 4.90 Å². The Morgan fingerprint density at radius 1 is 0.875 bits per heavy atom. The highest BCUT2D eigenvalue weighted by Crippen LogP contribution is 2.09. The molecule has 1 aliphatic heterocycles. The van der Waals surface area contributed by atoms with Crippen LogP contribution < -0.4 is 5.32 Å². The van der Waals surface area contributed by atoms with Gasteiger partial charge in [-0.2, -0.15) is 0 Å². The summed E-state index contributed by atoms with van der Waals surface area (Å²) in [6, 6.07) is 10.7. The topological polar surface area (TPSA) is 55.9 Å². The van der Waals surface area contributed by atoms with E-state index < -0.39 is 0 Å². The Balaban J connectivity index is 1.47. The molecular weight excluding hydrogens is 400 g/mol. The molecule has 1 saturated heterocycles. The lowest BCUT2D eigenvalue weighted by atomic mass is 10.2. The molecule has 0 spiro atoms. The van der Waals surface area contributed by atoms with Crippen molar-refractivity contribution < 1.29 is 9.59 Å². The molecule has 0 aliphatic carbocycles. The summed E-state index contributed by atoms with van der Waals surface area (Å²) in [6.07, 6.45) is 5.65. The SMILES string of the molecule is CCCN(CCC)C(=O)CCCC(=O)NCCCCN1CCN(Cc2ccccc2)CC1. The molecule has 0 saturated carbocycles. The number of hydrogen-bond donors (Lipinski definition) is 1. The van der Waals surface area contributed by atoms with Crippen molar-refractivity contribution in [3.8, 4) is 0 Å². The van der Waals surface area contributed by atoms with Crippen LogP contribution in [0.4, 0.5) is 0 Å². The Morgan fingerprint density at radius 2 is 1.53 bits per heavy atom. The van der Waals surface area contributed by atoms with Gasteiger partial charge in [-0.05, 0) is 44.2 Å². The second kappa shape index (κ2) is 15.8. The normalized spacial score (nSPS) is 14.9. The van der Waals surface area contributed by atoms with Gasteiger partial charge in [-0.3, -0.25) is 14.5 Å². The Bertz CT molecular complexity index is 638. The van der Waals surface area contributed by atoms with Crippen LogP contribution in [0.2, 0.25) is 0 Å². The Morgan fingerprint density at radius 3 is 2.19 bits per heavy atom. The molecule has 1 heterocycles. The maximum atomic E-state index is 12.3. The quantitative estimate of drug-likeness (QED) is 0.421. The number of rotatable bonds is 15. The molecule has 6 heteroatoms. The average Bonchev–Trinajstić information content (AvgIpc) is 2.80. The number of hydrogen-bond acceptors (Lipinski definition) is 4. The zero-order chi connectivity index (χ0) is 23.0. The second-order valence-corrected chi connectivity index (χ2v) is 8.89. The molecule has 0 radical (unpaired) electrons. The second-order valence-electron chi connectivity index (χ2n) is 8.89. The van der Waals surface area contributed by atoms with Crippen LogP contribution in [-0.4, -0.2) is 78.9 Å². The third kappa shape index (κ3) is 10.6. The minimum atomic E-state index is 0.0739. The first-order valence-electron chi connectivity index (χ1n) is 12.7. The molecule has 6 nitrogen and oxygen atoms in total. The highest BCUT2D eigenvalue weighted by Gasteiger charge is 2.16. The standard InChI is InChI=1S/C26H44N4O2/c1-3-16-30(17-4-2)26(32)14-10-13-25(31)27-15-8-9-18-28-19-21-29(22-20-28)23-24-11-6-5-7-12-24/h5-7,11-12H,3-4,8-10,13-23H2,1-2H3,(H,27,31). The molecule has 1 aliphatic rings. The zero-order valence-electron chi connectivity index (χ0n) is 20.4. The van der Waals surface area contributed by atoms with Crippen molar-refractivity contribution >= 4 is 11.8 Å². The predicted octanol–water partition coefficient (Wildman–Crippen LogP) is 3.52. The molecule has 1 aromatic carbocycles. The van der Waals surface area contributed by atoms with Crippen LogP contribution in [0.25, 0.3) is 0 Å². The van der Waals surface area contributed by atoms with Gasteiger partial charge in [0.05, 0.1) is 0 Å². The lowest BCUT2D eigenvalue weighted by Crippen LogP contribution is -2.46. The zero-order valence-corrected chi connectivity index (χ0v) is 20.4. The van der Waals surface area contributed by atoms with Crippen LogP contribution in [0.15, 0.2) is 30.3 Å². The fourth-order valence-corrected chi connectivity index (χ4v) is 4.25. The fraction of sp³-hybridized carbons (Fsp3) is 0.692. The van der Waals surface area contributed by atoms with E-state index >= 15 is 0 Å². The lowest BCUT2D eigenvalue weighted by Gasteiger charge is -2.34. The molecule has 180 valence electrons. The number of amides is 2. The molecule has 0 unspecified atom stereocenters. The molecule has 0 aromatic heterocycles. The van der Waals surface area contributed by atoms with Gasteiger partial charge in [-0.25, -0.2) is 0 Å². The van der Waals surface area contributed by atoms with Crippen LogP contribution in [0.1, 0.15) is 64.4 Å². The number of benzene rings is 1. The van der Waals surface area contributed by atoms with Crippen molar-refractivity contribution in [2.75, 3.05) is 52.4 Å². The summed E-state index contributed by atoms with van der Waals surface area (Å²) >= 11 is 0. The first-order valence-corrected chi connectivity index (χ1v) is 12.7. The van der Waals surface area contributed by atoms with Gasteiger partial charge in [-0.15, -0.1) is 0 Å². The maximum absolute atomic E-state index is 12.3. The van der Waals surface area contributed by atoms with Gasteiger partial charge < -0.3 is 15.1 Å². The number of nitrogens with one attached hydrogen (secondary N) is 1. The number of piperazine rings is 1. The van der Waals surface area contributed by atoms with Crippen molar-refractivity contribution in [2.45, 2.75) is 65.3 Å². The predicted molar refractivity (Wildman–Crippen MR) is 131 cm³/mol. The summed E-state index contributed by atoms with van der Waals surface area (Å²) in [5.41, 5.74) is 1.39. The molecular formula is C26H44N4O2. The van der Waals surface area contributed by atoms with Crippen LogP contribution in [0.5, 0.6) is 0 Å². The number of nitrogens with zero attached hydrogens (tertiary/aromatic N) is 3. The summed E-state index contributed by atoms with van der Waals surface area (Å²) in [5, 5.41) is 3.02. The number of carbonyl (C=O) groups excluding carboxylic acids is 2. The molecule has 0 bridgehead atoms. The number of unbranched alkanes of at least 4 members (excludes halogenated alkanes) is 1. The van der Waals surface area contributed by atoms with E-state index in [0.29, 0.717) is 19.3 Å². The third-order valence-electron chi connectivity index (χ3n) is 6.07. The molecule has 0 atom stereocenters. The minimum Gasteiger partial charge on any atom is -0.356 e. The van der Waals surface area contributed by atoms with E-state index in [-0.39, 0.29) is 11.8 Å². The van der Waals surface area contributed by atoms with Gasteiger partial charge in [0.25, 0.3) is 0 Å². The van der Waals surface area contributed by atoms with Crippen LogP contribution in [0.3, 0.4) is 0 Å². The van der Waals surface area contributed by atoms with Crippen LogP contribution in [0, 0.1) is 0 Å². The smallest absolute Gasteiger partial charge is 0.222 e. The largest absolute Gasteiger partial charge is 0.356 e. The summed E-state index contributed by atoms with van der Waals surface area (Å²) in [6.45, 7) is 13.2. The molecule has 1 fully saturated rings. The maximum Gasteiger partial charge on any atom is 0.222 e. The monoisotopic (exact) mass is 444 g/mol. The van der Waals surface area contributed by atoms with Crippen molar-refractivity contribution in [2.24, 2.45) is 0 Å². The molecule has 1 N–H and O–H groups in total. The van der Waals surface area contributed by atoms with E-state index in [0.717, 1.165) is 84.6 Å². The van der Waals surface area contributed by atoms with E-state index in [4.69, 9.17) is 0 Å². The minimum absolute atomic E-state index is 0.0739. The number of carbonyl (C=O) groups is 2. The lowest BCUT2D eigenvalue weighted by molar-refractivity contribution is -0.131. The van der Waals surface area contributed by atoms with Crippen molar-refractivity contribution in [3.05, 3.63) is 35.9 Å². The van der Waals surface area contributed by atoms with E-state index in [1.165, 1.54) is 5.56 Å². The van der Waals surface area contributed by atoms with Gasteiger partial charge in [0.15, 0.2) is 0 Å². The van der Waals surface area contributed by atoms with E-state index in [1.54, 1.807) is 0 Å². The molecule has 1 aromatic rings. The van der Waals surface area contributed by atoms with Crippen LogP contribution in [-0.2, 0) is 16.1 Å². The highest BCUT2D eigenvalue weighted by molar-refractivity contribution is 5.78. The fourth-order valence-electron chi connectivity index (χ4n) is 4.25. The Kier molecular flexibility index (Phi) is 13.0. The Hall–Kier alpha value is -1.92. The van der Waals surface area contributed by atoms with Crippen molar-refractivity contribution in [1.82, 2.24) is 20.0 Å². The van der Waals surface area contributed by atoms with Crippen LogP contribution >= 0.6 is 0 Å². The van der Waals surface area contributed by atoms with E-state index in [9.17, 15) is 9.59 Å². The molecule has 2 rings (SSSR count). The van der Waals surface area contributed by atoms with Crippen molar-refractivity contribution in [3.63, 3.8) is 0 Å². The highest BCUT2D eigenvalue weighted by atomic mass is 16.2. The first kappa shape index (κ1) is 26.3. The summed E-state index contributed by atoms with van der Waals surface area (Å²) in [7, 11) is 0. The molecule has 2 amide bonds. The average molecular weight is 445 g/mol. The summed E-state index contributed by atoms with van der Waals surface area (Å²) < 4.78 is 0. The van der Waals surface area contributed by atoms with Gasteiger partial charge >= 0.3 is 0 Å². The van der Waals surface area contributed by atoms with Crippen molar-refractivity contribution in [1.29, 1.82) is 0 Å². The van der Waals surface area contributed by atoms with Gasteiger partial charge in [0, 0.05) is 65.2 Å². The summed E-state index contributed by atoms with van der Waals surface area (Å²) in [5.74, 6) is 0.259. The van der Waals surface area contributed by atoms with Gasteiger partial charge in [0.2, 0.25) is 11.8 Å². The molecule has 32 heavy (non-hydrogen) atoms. The third-order valence-corrected chi connectivity index (χ3v) is 6.07.